The number of fused-ring (bicyclic) bond motifs is 1. The van der Waals surface area contributed by atoms with Gasteiger partial charge in [0, 0.05) is 12.0 Å². The Morgan fingerprint density at radius 2 is 1.78 bits per heavy atom. The van der Waals surface area contributed by atoms with Crippen molar-refractivity contribution in [1.29, 1.82) is 0 Å². The van der Waals surface area contributed by atoms with Gasteiger partial charge in [0.25, 0.3) is 0 Å². The number of hydrogen-bond acceptors (Lipinski definition) is 14. The molecule has 2 heterocycles. The van der Waals surface area contributed by atoms with E-state index in [4.69, 9.17) is 28.4 Å². The van der Waals surface area contributed by atoms with E-state index in [1.165, 1.54) is 37.5 Å². The topological polar surface area (TPSA) is 211 Å². The monoisotopic (exact) mass is 580 g/mol. The number of aliphatic hydroxyl groups is 5. The van der Waals surface area contributed by atoms with Crippen LogP contribution in [-0.4, -0.2) is 113 Å². The molecule has 224 valence electrons. The van der Waals surface area contributed by atoms with Gasteiger partial charge in [-0.2, -0.15) is 0 Å². The molecule has 1 aromatic carbocycles. The summed E-state index contributed by atoms with van der Waals surface area (Å²) < 4.78 is 31.8. The number of carbonyl (C=O) groups excluding carboxylic acids is 2. The molecule has 1 aliphatic carbocycles. The first-order valence-corrected chi connectivity index (χ1v) is 12.6. The highest BCUT2D eigenvalue weighted by Crippen LogP contribution is 2.44. The number of hydrogen-bond donors (Lipinski definition) is 6. The normalized spacial score (nSPS) is 32.9. The van der Waals surface area contributed by atoms with Gasteiger partial charge in [-0.25, -0.2) is 9.59 Å². The van der Waals surface area contributed by atoms with E-state index < -0.39 is 80.1 Å². The van der Waals surface area contributed by atoms with Gasteiger partial charge in [0.2, 0.25) is 6.29 Å². The molecule has 2 aliphatic heterocycles. The molecule has 41 heavy (non-hydrogen) atoms. The van der Waals surface area contributed by atoms with Gasteiger partial charge < -0.3 is 59.1 Å². The lowest BCUT2D eigenvalue weighted by molar-refractivity contribution is -0.340. The Bertz CT molecular complexity index is 1210. The van der Waals surface area contributed by atoms with Gasteiger partial charge in [-0.3, -0.25) is 0 Å². The first-order chi connectivity index (χ1) is 19.6. The summed E-state index contributed by atoms with van der Waals surface area (Å²) in [5.41, 5.74) is 0.839. The fraction of sp³-hybridized carbons (Fsp3) is 0.481. The van der Waals surface area contributed by atoms with Crippen LogP contribution < -0.4 is 4.74 Å². The lowest BCUT2D eigenvalue weighted by atomic mass is 9.82. The Morgan fingerprint density at radius 1 is 1.02 bits per heavy atom. The number of benzene rings is 1. The van der Waals surface area contributed by atoms with E-state index in [-0.39, 0.29) is 17.1 Å². The summed E-state index contributed by atoms with van der Waals surface area (Å²) in [6.07, 6.45) is -5.67. The Morgan fingerprint density at radius 3 is 2.46 bits per heavy atom. The molecule has 0 radical (unpaired) electrons. The van der Waals surface area contributed by atoms with Crippen molar-refractivity contribution in [2.24, 2.45) is 11.8 Å². The summed E-state index contributed by atoms with van der Waals surface area (Å²) in [6, 6.07) is 4.42. The molecule has 0 spiro atoms. The van der Waals surface area contributed by atoms with Crippen molar-refractivity contribution in [3.63, 3.8) is 0 Å². The predicted molar refractivity (Wildman–Crippen MR) is 136 cm³/mol. The van der Waals surface area contributed by atoms with Crippen LogP contribution in [0.2, 0.25) is 0 Å². The summed E-state index contributed by atoms with van der Waals surface area (Å²) in [6.45, 7) is -1.02. The maximum Gasteiger partial charge on any atom is 0.337 e. The second-order valence-corrected chi connectivity index (χ2v) is 9.56. The zero-order chi connectivity index (χ0) is 29.8. The number of ether oxygens (including phenoxy) is 6. The highest BCUT2D eigenvalue weighted by atomic mass is 16.8. The number of phenols is 1. The van der Waals surface area contributed by atoms with E-state index in [1.54, 1.807) is 0 Å². The van der Waals surface area contributed by atoms with Crippen LogP contribution in [0, 0.1) is 11.8 Å². The quantitative estimate of drug-likeness (QED) is 0.114. The summed E-state index contributed by atoms with van der Waals surface area (Å²) in [7, 11) is 2.54. The third-order valence-electron chi connectivity index (χ3n) is 7.10. The zero-order valence-electron chi connectivity index (χ0n) is 22.1. The molecule has 0 saturated carbocycles. The van der Waals surface area contributed by atoms with Crippen molar-refractivity contribution in [1.82, 2.24) is 0 Å². The average Bonchev–Trinajstić information content (AvgIpc) is 3.32. The zero-order valence-corrected chi connectivity index (χ0v) is 22.1. The molecule has 3 aliphatic rings. The minimum atomic E-state index is -1.76. The van der Waals surface area contributed by atoms with Crippen molar-refractivity contribution in [3.05, 3.63) is 53.3 Å². The Balaban J connectivity index is 1.43. The van der Waals surface area contributed by atoms with Crippen molar-refractivity contribution < 1.29 is 68.6 Å². The van der Waals surface area contributed by atoms with Crippen LogP contribution in [0.25, 0.3) is 6.08 Å². The van der Waals surface area contributed by atoms with Gasteiger partial charge in [-0.15, -0.1) is 0 Å². The molecule has 0 amide bonds. The highest BCUT2D eigenvalue weighted by molar-refractivity contribution is 5.89. The third kappa shape index (κ3) is 6.38. The molecule has 0 unspecified atom stereocenters. The molecule has 1 saturated heterocycles. The molecule has 6 N–H and O–H groups in total. The van der Waals surface area contributed by atoms with E-state index in [2.05, 4.69) is 0 Å². The van der Waals surface area contributed by atoms with Gasteiger partial charge in [-0.1, -0.05) is 12.1 Å². The minimum Gasteiger partial charge on any atom is -0.504 e. The molecule has 9 atom stereocenters. The minimum absolute atomic E-state index is 0.00806. The highest BCUT2D eigenvalue weighted by Gasteiger charge is 2.52. The summed E-state index contributed by atoms with van der Waals surface area (Å²) in [4.78, 5) is 24.5. The number of rotatable bonds is 9. The number of methoxy groups -OCH3 is 2. The van der Waals surface area contributed by atoms with E-state index >= 15 is 0 Å². The smallest absolute Gasteiger partial charge is 0.337 e. The number of phenolic OH excluding ortho intramolecular Hbond substituents is 1. The fourth-order valence-electron chi connectivity index (χ4n) is 4.95. The van der Waals surface area contributed by atoms with E-state index in [1.807, 2.05) is 0 Å². The number of carbonyl (C=O) groups is 2. The second-order valence-electron chi connectivity index (χ2n) is 9.56. The lowest BCUT2D eigenvalue weighted by Gasteiger charge is -2.43. The number of aliphatic hydroxyl groups excluding tert-OH is 5. The van der Waals surface area contributed by atoms with Crippen LogP contribution >= 0.6 is 0 Å². The Labute approximate surface area is 234 Å². The van der Waals surface area contributed by atoms with Crippen molar-refractivity contribution in [2.45, 2.75) is 43.1 Å². The molecular formula is C27H32O14. The largest absolute Gasteiger partial charge is 0.504 e. The summed E-state index contributed by atoms with van der Waals surface area (Å²) in [5, 5.41) is 61.4. The maximum absolute atomic E-state index is 12.3. The molecule has 14 heteroatoms. The van der Waals surface area contributed by atoms with Crippen LogP contribution in [0.4, 0.5) is 0 Å². The van der Waals surface area contributed by atoms with Crippen molar-refractivity contribution >= 4 is 18.0 Å². The summed E-state index contributed by atoms with van der Waals surface area (Å²) >= 11 is 0. The molecule has 0 bridgehead atoms. The van der Waals surface area contributed by atoms with E-state index in [9.17, 15) is 40.2 Å². The van der Waals surface area contributed by atoms with Gasteiger partial charge in [0.1, 0.15) is 31.0 Å². The summed E-state index contributed by atoms with van der Waals surface area (Å²) in [5.74, 6) is -3.21. The van der Waals surface area contributed by atoms with Gasteiger partial charge in [0.15, 0.2) is 17.8 Å². The van der Waals surface area contributed by atoms with E-state index in [0.29, 0.717) is 11.1 Å². The van der Waals surface area contributed by atoms with Gasteiger partial charge in [-0.05, 0) is 29.3 Å². The molecule has 0 aromatic heterocycles. The molecule has 4 rings (SSSR count). The number of aromatic hydroxyl groups is 1. The van der Waals surface area contributed by atoms with E-state index in [0.717, 1.165) is 19.4 Å². The van der Waals surface area contributed by atoms with Crippen LogP contribution in [0.1, 0.15) is 5.56 Å². The van der Waals surface area contributed by atoms with Crippen LogP contribution in [0.3, 0.4) is 0 Å². The Hall–Kier alpha value is -3.50. The number of esters is 2. The molecular weight excluding hydrogens is 548 g/mol. The Kier molecular flexibility index (Phi) is 9.65. The van der Waals surface area contributed by atoms with Crippen LogP contribution in [-0.2, 0) is 33.3 Å². The van der Waals surface area contributed by atoms with Crippen molar-refractivity contribution in [2.75, 3.05) is 27.4 Å². The van der Waals surface area contributed by atoms with Crippen LogP contribution in [0.15, 0.2) is 47.8 Å². The lowest BCUT2D eigenvalue weighted by Crippen LogP contribution is -2.60. The van der Waals surface area contributed by atoms with Crippen LogP contribution in [0.5, 0.6) is 11.5 Å². The second kappa shape index (κ2) is 13.0. The predicted octanol–water partition coefficient (Wildman–Crippen LogP) is -1.28. The van der Waals surface area contributed by atoms with Gasteiger partial charge in [0.05, 0.1) is 44.7 Å². The maximum atomic E-state index is 12.3. The molecule has 14 nitrogen and oxygen atoms in total. The van der Waals surface area contributed by atoms with Gasteiger partial charge >= 0.3 is 11.9 Å². The fourth-order valence-corrected chi connectivity index (χ4v) is 4.95. The molecule has 1 aromatic rings. The first kappa shape index (κ1) is 30.5. The average molecular weight is 581 g/mol. The SMILES string of the molecule is COC(=O)C1=CO[C@@H](O[C@@H]2O[C@H](COC(=O)/C=C/c3ccc(O)c(OC)c3)[C@@H](O)[C@H](O)[C@H]2O)[C@@H]2C(CO)=C[C@@H](O)[C@H]12. The van der Waals surface area contributed by atoms with Crippen molar-refractivity contribution in [3.8, 4) is 11.5 Å². The standard InChI is InChI=1S/C27H32O14/c1-36-17-7-12(3-5-15(17)29)4-6-19(31)38-11-18-22(32)23(33)24(34)27(40-18)41-26-20-13(9-28)8-16(30)21(20)14(10-39-26)25(35)37-2/h3-8,10,16,18,20-24,26-30,32-34H,9,11H2,1-2H3/b6-4+/t16-,18-,20-,21+,22-,23+,24-,26+,27+/m1/s1. The molecule has 1 fully saturated rings. The third-order valence-corrected chi connectivity index (χ3v) is 7.10. The first-order valence-electron chi connectivity index (χ1n) is 12.6.